The minimum absolute atomic E-state index is 0.0116. The van der Waals surface area contributed by atoms with Gasteiger partial charge in [-0.2, -0.15) is 4.31 Å². The van der Waals surface area contributed by atoms with Crippen LogP contribution in [0.15, 0.2) is 59.5 Å². The zero-order valence-corrected chi connectivity index (χ0v) is 17.7. The Morgan fingerprint density at radius 1 is 0.875 bits per heavy atom. The predicted molar refractivity (Wildman–Crippen MR) is 114 cm³/mol. The van der Waals surface area contributed by atoms with Gasteiger partial charge in [0.2, 0.25) is 15.9 Å². The molecule has 10 heteroatoms. The average molecular weight is 463 g/mol. The van der Waals surface area contributed by atoms with Gasteiger partial charge in [-0.25, -0.2) is 21.6 Å². The van der Waals surface area contributed by atoms with Gasteiger partial charge in [0.1, 0.15) is 4.90 Å². The fourth-order valence-corrected chi connectivity index (χ4v) is 5.18. The number of amides is 1. The molecule has 0 atom stereocenters. The molecule has 0 saturated carbocycles. The first-order chi connectivity index (χ1) is 15.3. The Kier molecular flexibility index (Phi) is 6.18. The van der Waals surface area contributed by atoms with E-state index in [4.69, 9.17) is 0 Å². The predicted octanol–water partition coefficient (Wildman–Crippen LogP) is 3.20. The van der Waals surface area contributed by atoms with Crippen LogP contribution in [0.5, 0.6) is 0 Å². The van der Waals surface area contributed by atoms with Gasteiger partial charge < -0.3 is 5.32 Å². The van der Waals surface area contributed by atoms with Gasteiger partial charge in [0.15, 0.2) is 17.5 Å². The molecule has 0 aliphatic carbocycles. The van der Waals surface area contributed by atoms with E-state index in [0.29, 0.717) is 17.8 Å². The van der Waals surface area contributed by atoms with Crippen molar-refractivity contribution in [2.24, 2.45) is 0 Å². The quantitative estimate of drug-likeness (QED) is 0.590. The van der Waals surface area contributed by atoms with Crippen LogP contribution in [0.1, 0.15) is 0 Å². The van der Waals surface area contributed by atoms with E-state index in [1.165, 1.54) is 0 Å². The molecular weight excluding hydrogens is 443 g/mol. The number of piperazine rings is 1. The van der Waals surface area contributed by atoms with E-state index in [9.17, 15) is 26.4 Å². The van der Waals surface area contributed by atoms with Crippen molar-refractivity contribution in [1.29, 1.82) is 0 Å². The third-order valence-electron chi connectivity index (χ3n) is 5.38. The highest BCUT2D eigenvalue weighted by atomic mass is 32.2. The molecular formula is C22H20F3N3O3S. The number of halogens is 3. The highest BCUT2D eigenvalue weighted by Crippen LogP contribution is 2.25. The monoisotopic (exact) mass is 463 g/mol. The Labute approximate surface area is 183 Å². The molecule has 4 rings (SSSR count). The van der Waals surface area contributed by atoms with Crippen LogP contribution in [0.25, 0.3) is 10.8 Å². The zero-order valence-electron chi connectivity index (χ0n) is 16.9. The number of hydrogen-bond acceptors (Lipinski definition) is 4. The zero-order chi connectivity index (χ0) is 22.9. The lowest BCUT2D eigenvalue weighted by Gasteiger charge is -2.33. The SMILES string of the molecule is O=C(CN1CCN(S(=O)(=O)c2ccc(F)c(F)c2F)CC1)Nc1cccc2ccccc12. The van der Waals surface area contributed by atoms with Crippen molar-refractivity contribution in [3.63, 3.8) is 0 Å². The Bertz CT molecular complexity index is 1270. The summed E-state index contributed by atoms with van der Waals surface area (Å²) < 4.78 is 67.0. The standard InChI is InChI=1S/C22H20F3N3O3S/c23-17-8-9-19(22(25)21(17)24)32(30,31)28-12-10-27(11-13-28)14-20(29)26-18-7-3-5-15-4-1-2-6-16(15)18/h1-9H,10-14H2,(H,26,29). The molecule has 32 heavy (non-hydrogen) atoms. The second kappa shape index (κ2) is 8.89. The Balaban J connectivity index is 1.38. The van der Waals surface area contributed by atoms with E-state index in [2.05, 4.69) is 5.32 Å². The normalized spacial score (nSPS) is 15.7. The summed E-state index contributed by atoms with van der Waals surface area (Å²) in [6.07, 6.45) is 0. The van der Waals surface area contributed by atoms with Crippen molar-refractivity contribution in [1.82, 2.24) is 9.21 Å². The van der Waals surface area contributed by atoms with Crippen molar-refractivity contribution in [3.8, 4) is 0 Å². The fourth-order valence-electron chi connectivity index (χ4n) is 3.70. The van der Waals surface area contributed by atoms with Crippen LogP contribution in [0.3, 0.4) is 0 Å². The van der Waals surface area contributed by atoms with Crippen LogP contribution in [0, 0.1) is 17.5 Å². The lowest BCUT2D eigenvalue weighted by molar-refractivity contribution is -0.117. The summed E-state index contributed by atoms with van der Waals surface area (Å²) in [4.78, 5) is 13.4. The third-order valence-corrected chi connectivity index (χ3v) is 7.30. The summed E-state index contributed by atoms with van der Waals surface area (Å²) in [6.45, 7) is 0.488. The molecule has 1 fully saturated rings. The number of fused-ring (bicyclic) bond motifs is 1. The Morgan fingerprint density at radius 2 is 1.56 bits per heavy atom. The summed E-state index contributed by atoms with van der Waals surface area (Å²) in [6, 6.07) is 14.5. The second-order valence-electron chi connectivity index (χ2n) is 7.43. The molecule has 3 aromatic rings. The van der Waals surface area contributed by atoms with Gasteiger partial charge in [0, 0.05) is 37.3 Å². The number of nitrogens with one attached hydrogen (secondary N) is 1. The van der Waals surface area contributed by atoms with Gasteiger partial charge in [-0.1, -0.05) is 36.4 Å². The molecule has 0 radical (unpaired) electrons. The van der Waals surface area contributed by atoms with Crippen molar-refractivity contribution < 1.29 is 26.4 Å². The minimum Gasteiger partial charge on any atom is -0.324 e. The van der Waals surface area contributed by atoms with Crippen molar-refractivity contribution in [3.05, 3.63) is 72.0 Å². The van der Waals surface area contributed by atoms with Gasteiger partial charge in [0.05, 0.1) is 6.54 Å². The molecule has 1 aliphatic rings. The first-order valence-corrected chi connectivity index (χ1v) is 11.3. The van der Waals surface area contributed by atoms with E-state index >= 15 is 0 Å². The molecule has 0 aromatic heterocycles. The van der Waals surface area contributed by atoms with Crippen LogP contribution < -0.4 is 5.32 Å². The topological polar surface area (TPSA) is 69.7 Å². The van der Waals surface area contributed by atoms with E-state index in [0.717, 1.165) is 15.1 Å². The van der Waals surface area contributed by atoms with Crippen molar-refractivity contribution in [2.75, 3.05) is 38.0 Å². The molecule has 1 saturated heterocycles. The number of anilines is 1. The number of carbonyl (C=O) groups excluding carboxylic acids is 1. The van der Waals surface area contributed by atoms with Crippen molar-refractivity contribution in [2.45, 2.75) is 4.90 Å². The van der Waals surface area contributed by atoms with Crippen LogP contribution in [0.2, 0.25) is 0 Å². The molecule has 0 unspecified atom stereocenters. The molecule has 168 valence electrons. The highest BCUT2D eigenvalue weighted by molar-refractivity contribution is 7.89. The number of carbonyl (C=O) groups is 1. The van der Waals surface area contributed by atoms with E-state index in [1.807, 2.05) is 36.4 Å². The summed E-state index contributed by atoms with van der Waals surface area (Å²) >= 11 is 0. The molecule has 6 nitrogen and oxygen atoms in total. The highest BCUT2D eigenvalue weighted by Gasteiger charge is 2.32. The molecule has 0 bridgehead atoms. The second-order valence-corrected chi connectivity index (χ2v) is 9.33. The minimum atomic E-state index is -4.33. The van der Waals surface area contributed by atoms with E-state index in [1.54, 1.807) is 11.0 Å². The molecule has 1 N–H and O–H groups in total. The van der Waals surface area contributed by atoms with Gasteiger partial charge in [-0.15, -0.1) is 0 Å². The van der Waals surface area contributed by atoms with E-state index < -0.39 is 32.4 Å². The molecule has 3 aromatic carbocycles. The number of sulfonamides is 1. The largest absolute Gasteiger partial charge is 0.324 e. The molecule has 1 aliphatic heterocycles. The maximum absolute atomic E-state index is 14.0. The van der Waals surface area contributed by atoms with Gasteiger partial charge in [-0.3, -0.25) is 9.69 Å². The number of rotatable bonds is 5. The number of hydrogen-bond donors (Lipinski definition) is 1. The molecule has 0 spiro atoms. The van der Waals surface area contributed by atoms with Crippen molar-refractivity contribution >= 4 is 32.4 Å². The summed E-state index contributed by atoms with van der Waals surface area (Å²) in [5.74, 6) is -5.26. The summed E-state index contributed by atoms with van der Waals surface area (Å²) in [5.41, 5.74) is 0.683. The first kappa shape index (κ1) is 22.3. The number of nitrogens with zero attached hydrogens (tertiary/aromatic N) is 2. The maximum atomic E-state index is 14.0. The van der Waals surface area contributed by atoms with Crippen LogP contribution in [-0.4, -0.2) is 56.3 Å². The Hall–Kier alpha value is -2.95. The first-order valence-electron chi connectivity index (χ1n) is 9.91. The van der Waals surface area contributed by atoms with E-state index in [-0.39, 0.29) is 38.6 Å². The van der Waals surface area contributed by atoms with Gasteiger partial charge in [-0.05, 0) is 23.6 Å². The average Bonchev–Trinajstić information content (AvgIpc) is 2.78. The lowest BCUT2D eigenvalue weighted by atomic mass is 10.1. The lowest BCUT2D eigenvalue weighted by Crippen LogP contribution is -2.50. The van der Waals surface area contributed by atoms with Gasteiger partial charge >= 0.3 is 0 Å². The van der Waals surface area contributed by atoms with Gasteiger partial charge in [0.25, 0.3) is 0 Å². The third kappa shape index (κ3) is 4.34. The maximum Gasteiger partial charge on any atom is 0.246 e. The summed E-state index contributed by atoms with van der Waals surface area (Å²) in [5, 5.41) is 4.78. The number of benzene rings is 3. The smallest absolute Gasteiger partial charge is 0.246 e. The molecule has 1 amide bonds. The fraction of sp³-hybridized carbons (Fsp3) is 0.227. The van der Waals surface area contributed by atoms with Crippen LogP contribution >= 0.6 is 0 Å². The van der Waals surface area contributed by atoms with Crippen LogP contribution in [0.4, 0.5) is 18.9 Å². The summed E-state index contributed by atoms with van der Waals surface area (Å²) in [7, 11) is -4.33. The van der Waals surface area contributed by atoms with Crippen LogP contribution in [-0.2, 0) is 14.8 Å². The molecule has 1 heterocycles. The Morgan fingerprint density at radius 3 is 2.31 bits per heavy atom.